The molecule has 0 aliphatic heterocycles. The van der Waals surface area contributed by atoms with Gasteiger partial charge in [0, 0.05) is 16.6 Å². The maximum Gasteiger partial charge on any atom is 0.323 e. The van der Waals surface area contributed by atoms with Gasteiger partial charge in [-0.3, -0.25) is 4.79 Å². The van der Waals surface area contributed by atoms with E-state index in [0.717, 1.165) is 10.6 Å². The van der Waals surface area contributed by atoms with Gasteiger partial charge in [-0.1, -0.05) is 0 Å². The molecule has 0 bridgehead atoms. The maximum absolute atomic E-state index is 13.3. The van der Waals surface area contributed by atoms with Crippen molar-refractivity contribution in [1.82, 2.24) is 24.7 Å². The van der Waals surface area contributed by atoms with Crippen LogP contribution in [0.4, 0.5) is 5.69 Å². The van der Waals surface area contributed by atoms with Gasteiger partial charge < -0.3 is 15.3 Å². The predicted octanol–water partition coefficient (Wildman–Crippen LogP) is 4.47. The number of carbonyl (C=O) groups excluding carboxylic acids is 1. The normalized spacial score (nSPS) is 11.6. The van der Waals surface area contributed by atoms with Crippen molar-refractivity contribution in [2.45, 2.75) is 26.8 Å². The number of fused-ring (bicyclic) bond motifs is 2. The van der Waals surface area contributed by atoms with Crippen LogP contribution in [0, 0.1) is 6.92 Å². The molecule has 9 heteroatoms. The summed E-state index contributed by atoms with van der Waals surface area (Å²) in [5.74, 6) is -0.262. The molecule has 4 aromatic heterocycles. The quantitative estimate of drug-likeness (QED) is 0.389. The lowest BCUT2D eigenvalue weighted by Gasteiger charge is -2.10. The fraction of sp³-hybridized carbons (Fsp3) is 0.182. The monoisotopic (exact) mass is 432 g/mol. The van der Waals surface area contributed by atoms with E-state index >= 15 is 0 Å². The van der Waals surface area contributed by atoms with Crippen LogP contribution in [0.1, 0.15) is 35.1 Å². The number of hydrogen-bond acceptors (Lipinski definition) is 5. The zero-order valence-corrected chi connectivity index (χ0v) is 18.0. The van der Waals surface area contributed by atoms with E-state index in [9.17, 15) is 9.59 Å². The number of thiophene rings is 1. The topological polar surface area (TPSA) is 108 Å². The standard InChI is InChI=1S/C22H20N6O2S/c1-11(2)28-20-15(10-23-28)14(9-18(25-20)19-7-4-12(3)31-19)21(29)24-13-5-6-16-17(8-13)27-22(30)26-16/h4-11H,1-3H3,(H,24,29)(H2,26,27,30). The fourth-order valence-corrected chi connectivity index (χ4v) is 4.42. The molecule has 0 aliphatic rings. The minimum Gasteiger partial charge on any atom is -0.322 e. The van der Waals surface area contributed by atoms with Gasteiger partial charge in [0.2, 0.25) is 0 Å². The van der Waals surface area contributed by atoms with Crippen LogP contribution >= 0.6 is 11.3 Å². The average Bonchev–Trinajstić information content (AvgIpc) is 3.43. The van der Waals surface area contributed by atoms with Gasteiger partial charge in [0.25, 0.3) is 5.91 Å². The van der Waals surface area contributed by atoms with Crippen molar-refractivity contribution in [1.29, 1.82) is 0 Å². The second-order valence-corrected chi connectivity index (χ2v) is 8.97. The number of nitrogens with zero attached hydrogens (tertiary/aromatic N) is 3. The highest BCUT2D eigenvalue weighted by molar-refractivity contribution is 7.15. The molecule has 1 amide bonds. The van der Waals surface area contributed by atoms with Crippen molar-refractivity contribution in [3.63, 3.8) is 0 Å². The Balaban J connectivity index is 1.61. The number of benzene rings is 1. The summed E-state index contributed by atoms with van der Waals surface area (Å²) >= 11 is 1.63. The fourth-order valence-electron chi connectivity index (χ4n) is 3.59. The first-order chi connectivity index (χ1) is 14.9. The minimum atomic E-state index is -0.286. The number of pyridine rings is 1. The zero-order valence-electron chi connectivity index (χ0n) is 17.2. The summed E-state index contributed by atoms with van der Waals surface area (Å²) in [4.78, 5) is 37.2. The van der Waals surface area contributed by atoms with E-state index in [1.165, 1.54) is 4.88 Å². The first-order valence-corrected chi connectivity index (χ1v) is 10.7. The van der Waals surface area contributed by atoms with Crippen LogP contribution in [-0.4, -0.2) is 30.6 Å². The lowest BCUT2D eigenvalue weighted by molar-refractivity contribution is 0.102. The number of rotatable bonds is 4. The average molecular weight is 433 g/mol. The van der Waals surface area contributed by atoms with Crippen molar-refractivity contribution >= 4 is 45.0 Å². The molecule has 1 aromatic carbocycles. The summed E-state index contributed by atoms with van der Waals surface area (Å²) in [6, 6.07) is 11.2. The number of aryl methyl sites for hydroxylation is 1. The predicted molar refractivity (Wildman–Crippen MR) is 123 cm³/mol. The van der Waals surface area contributed by atoms with E-state index in [0.29, 0.717) is 33.3 Å². The highest BCUT2D eigenvalue weighted by Crippen LogP contribution is 2.31. The first kappa shape index (κ1) is 19.3. The molecule has 0 spiro atoms. The highest BCUT2D eigenvalue weighted by atomic mass is 32.1. The molecule has 0 unspecified atom stereocenters. The molecule has 4 heterocycles. The largest absolute Gasteiger partial charge is 0.323 e. The van der Waals surface area contributed by atoms with Crippen LogP contribution in [-0.2, 0) is 0 Å². The molecule has 31 heavy (non-hydrogen) atoms. The molecule has 5 aromatic rings. The van der Waals surface area contributed by atoms with Crippen LogP contribution in [0.25, 0.3) is 32.6 Å². The van der Waals surface area contributed by atoms with Gasteiger partial charge in [-0.05, 0) is 57.2 Å². The molecule has 0 aliphatic carbocycles. The Kier molecular flexibility index (Phi) is 4.48. The van der Waals surface area contributed by atoms with E-state index in [-0.39, 0.29) is 17.6 Å². The Morgan fingerprint density at radius 1 is 1.13 bits per heavy atom. The highest BCUT2D eigenvalue weighted by Gasteiger charge is 2.19. The van der Waals surface area contributed by atoms with Gasteiger partial charge in [-0.25, -0.2) is 14.5 Å². The number of aromatic amines is 2. The summed E-state index contributed by atoms with van der Waals surface area (Å²) in [7, 11) is 0. The van der Waals surface area contributed by atoms with Crippen molar-refractivity contribution in [2.24, 2.45) is 0 Å². The molecule has 0 fully saturated rings. The van der Waals surface area contributed by atoms with E-state index in [2.05, 4.69) is 20.4 Å². The number of H-pyrrole nitrogens is 2. The third kappa shape index (κ3) is 3.42. The Morgan fingerprint density at radius 2 is 1.94 bits per heavy atom. The van der Waals surface area contributed by atoms with E-state index in [1.807, 2.05) is 43.7 Å². The number of hydrogen-bond donors (Lipinski definition) is 3. The second kappa shape index (κ2) is 7.21. The smallest absolute Gasteiger partial charge is 0.322 e. The van der Waals surface area contributed by atoms with Gasteiger partial charge in [-0.2, -0.15) is 5.10 Å². The number of nitrogens with one attached hydrogen (secondary N) is 3. The minimum absolute atomic E-state index is 0.106. The van der Waals surface area contributed by atoms with Crippen LogP contribution in [0.15, 0.2) is 47.4 Å². The van der Waals surface area contributed by atoms with Gasteiger partial charge in [0.15, 0.2) is 5.65 Å². The van der Waals surface area contributed by atoms with E-state index in [4.69, 9.17) is 4.98 Å². The summed E-state index contributed by atoms with van der Waals surface area (Å²) in [5, 5.41) is 8.09. The number of anilines is 1. The SMILES string of the molecule is Cc1ccc(-c2cc(C(=O)Nc3ccc4[nH]c(=O)[nH]c4c3)c3cnn(C(C)C)c3n2)s1. The third-order valence-electron chi connectivity index (χ3n) is 5.07. The van der Waals surface area contributed by atoms with E-state index < -0.39 is 0 Å². The first-order valence-electron chi connectivity index (χ1n) is 9.87. The molecule has 0 saturated carbocycles. The third-order valence-corrected chi connectivity index (χ3v) is 6.09. The van der Waals surface area contributed by atoms with Crippen molar-refractivity contribution in [3.8, 4) is 10.6 Å². The summed E-state index contributed by atoms with van der Waals surface area (Å²) < 4.78 is 1.83. The van der Waals surface area contributed by atoms with Crippen molar-refractivity contribution in [3.05, 3.63) is 63.5 Å². The molecule has 0 atom stereocenters. The van der Waals surface area contributed by atoms with Crippen LogP contribution in [0.3, 0.4) is 0 Å². The summed E-state index contributed by atoms with van der Waals surface area (Å²) in [6.07, 6.45) is 1.69. The van der Waals surface area contributed by atoms with E-state index in [1.54, 1.807) is 35.7 Å². The van der Waals surface area contributed by atoms with Crippen LogP contribution in [0.5, 0.6) is 0 Å². The van der Waals surface area contributed by atoms with Crippen LogP contribution in [0.2, 0.25) is 0 Å². The molecule has 0 saturated heterocycles. The van der Waals surface area contributed by atoms with Crippen molar-refractivity contribution in [2.75, 3.05) is 5.32 Å². The van der Waals surface area contributed by atoms with Gasteiger partial charge in [0.1, 0.15) is 0 Å². The molecule has 3 N–H and O–H groups in total. The number of aromatic nitrogens is 5. The lowest BCUT2D eigenvalue weighted by Crippen LogP contribution is -2.13. The molecule has 8 nitrogen and oxygen atoms in total. The Bertz CT molecular complexity index is 1500. The van der Waals surface area contributed by atoms with Gasteiger partial charge >= 0.3 is 5.69 Å². The van der Waals surface area contributed by atoms with Gasteiger partial charge in [-0.15, -0.1) is 11.3 Å². The second-order valence-electron chi connectivity index (χ2n) is 7.68. The zero-order chi connectivity index (χ0) is 21.7. The summed E-state index contributed by atoms with van der Waals surface area (Å²) in [6.45, 7) is 6.10. The maximum atomic E-state index is 13.3. The molecule has 156 valence electrons. The number of imidazole rings is 1. The molecule has 0 radical (unpaired) electrons. The molecular weight excluding hydrogens is 412 g/mol. The van der Waals surface area contributed by atoms with Gasteiger partial charge in [0.05, 0.1) is 38.8 Å². The van der Waals surface area contributed by atoms with Crippen LogP contribution < -0.4 is 11.0 Å². The Morgan fingerprint density at radius 3 is 2.68 bits per heavy atom. The Hall–Kier alpha value is -3.72. The number of carbonyl (C=O) groups is 1. The Labute approximate surface area is 181 Å². The molecular formula is C22H20N6O2S. The van der Waals surface area contributed by atoms with Crippen molar-refractivity contribution < 1.29 is 4.79 Å². The summed E-state index contributed by atoms with van der Waals surface area (Å²) in [5.41, 5.74) is 3.53. The number of amides is 1. The molecule has 5 rings (SSSR count). The lowest BCUT2D eigenvalue weighted by atomic mass is 10.1.